The van der Waals surface area contributed by atoms with Gasteiger partial charge < -0.3 is 25.0 Å². The summed E-state index contributed by atoms with van der Waals surface area (Å²) in [6.07, 6.45) is 5.67. The molecule has 2 heterocycles. The fourth-order valence-corrected chi connectivity index (χ4v) is 7.47. The molecule has 9 nitrogen and oxygen atoms in total. The molecule has 48 heavy (non-hydrogen) atoms. The van der Waals surface area contributed by atoms with Crippen molar-refractivity contribution in [2.45, 2.75) is 195 Å². The first-order chi connectivity index (χ1) is 21.4. The number of likely N-dealkylation sites (tertiary alicyclic amines) is 2. The van der Waals surface area contributed by atoms with Gasteiger partial charge in [-0.05, 0) is 152 Å². The molecule has 284 valence electrons. The first-order valence-corrected chi connectivity index (χ1v) is 19.5. The van der Waals surface area contributed by atoms with Gasteiger partial charge in [0, 0.05) is 36.3 Å². The Balaban J connectivity index is 0.000000495. The van der Waals surface area contributed by atoms with Gasteiger partial charge in [0.25, 0.3) is 0 Å². The number of nitrogens with zero attached hydrogens (tertiary/aromatic N) is 2. The predicted molar refractivity (Wildman–Crippen MR) is 201 cm³/mol. The molecule has 2 fully saturated rings. The van der Waals surface area contributed by atoms with Crippen LogP contribution >= 0.6 is 0 Å². The highest BCUT2D eigenvalue weighted by atomic mass is 32.2. The van der Waals surface area contributed by atoms with Crippen molar-refractivity contribution in [2.24, 2.45) is 29.4 Å². The third-order valence-electron chi connectivity index (χ3n) is 9.42. The second-order valence-corrected chi connectivity index (χ2v) is 21.4. The Morgan fingerprint density at radius 1 is 0.750 bits per heavy atom. The van der Waals surface area contributed by atoms with Crippen LogP contribution in [0.2, 0.25) is 0 Å². The zero-order valence-corrected chi connectivity index (χ0v) is 34.9. The summed E-state index contributed by atoms with van der Waals surface area (Å²) < 4.78 is 26.7. The van der Waals surface area contributed by atoms with E-state index in [0.29, 0.717) is 23.7 Å². The molecule has 0 bridgehead atoms. The maximum Gasteiger partial charge on any atom is 0.410 e. The van der Waals surface area contributed by atoms with E-state index >= 15 is 0 Å². The number of nitrogens with one attached hydrogen (secondary N) is 1. The molecule has 2 rings (SSSR count). The van der Waals surface area contributed by atoms with Crippen LogP contribution in [0.4, 0.5) is 9.59 Å². The first kappa shape index (κ1) is 44.6. The first-order valence-electron chi connectivity index (χ1n) is 18.4. The molecular weight excluding hydrogens is 625 g/mol. The molecule has 0 spiro atoms. The average molecular weight is 701 g/mol. The maximum atomic E-state index is 12.6. The van der Waals surface area contributed by atoms with Crippen molar-refractivity contribution in [2.75, 3.05) is 13.1 Å². The van der Waals surface area contributed by atoms with Crippen LogP contribution in [-0.4, -0.2) is 78.4 Å². The summed E-state index contributed by atoms with van der Waals surface area (Å²) in [4.78, 5) is 28.7. The Labute approximate surface area is 298 Å². The van der Waals surface area contributed by atoms with Crippen molar-refractivity contribution < 1.29 is 23.3 Å². The van der Waals surface area contributed by atoms with E-state index in [9.17, 15) is 13.8 Å². The molecule has 3 N–H and O–H groups in total. The molecule has 0 aromatic heterocycles. The number of carbonyl (C=O) groups excluding carboxylic acids is 2. The number of hydrogen-bond acceptors (Lipinski definition) is 6. The van der Waals surface area contributed by atoms with Gasteiger partial charge in [-0.25, -0.2) is 18.5 Å². The molecule has 10 heteroatoms. The second-order valence-electron chi connectivity index (χ2n) is 19.4. The van der Waals surface area contributed by atoms with Crippen molar-refractivity contribution in [1.82, 2.24) is 14.5 Å². The van der Waals surface area contributed by atoms with Gasteiger partial charge in [-0.3, -0.25) is 0 Å². The molecule has 0 aromatic carbocycles. The lowest BCUT2D eigenvalue weighted by molar-refractivity contribution is 0.0118. The van der Waals surface area contributed by atoms with Crippen LogP contribution in [0.5, 0.6) is 0 Å². The summed E-state index contributed by atoms with van der Waals surface area (Å²) in [6, 6.07) is 0.465. The zero-order chi connectivity index (χ0) is 37.6. The highest BCUT2D eigenvalue weighted by molar-refractivity contribution is 7.84. The fraction of sp³-hybridized carbons (Fsp3) is 0.947. The zero-order valence-electron chi connectivity index (χ0n) is 34.0. The van der Waals surface area contributed by atoms with E-state index in [1.54, 1.807) is 0 Å². The summed E-state index contributed by atoms with van der Waals surface area (Å²) in [6.45, 7) is 36.1. The quantitative estimate of drug-likeness (QED) is 0.236. The highest BCUT2D eigenvalue weighted by Gasteiger charge is 2.44. The minimum absolute atomic E-state index is 0.130. The van der Waals surface area contributed by atoms with E-state index in [1.165, 1.54) is 0 Å². The lowest BCUT2D eigenvalue weighted by atomic mass is 9.90. The van der Waals surface area contributed by atoms with E-state index in [0.717, 1.165) is 51.6 Å². The van der Waals surface area contributed by atoms with Gasteiger partial charge in [0.2, 0.25) is 0 Å². The molecule has 5 atom stereocenters. The number of nitrogens with two attached hydrogens (primary N) is 1. The summed E-state index contributed by atoms with van der Waals surface area (Å²) in [5.41, 5.74) is 4.90. The molecular formula is C38H76N4O5S. The Morgan fingerprint density at radius 3 is 1.44 bits per heavy atom. The summed E-state index contributed by atoms with van der Waals surface area (Å²) in [5.74, 6) is 1.89. The molecule has 0 saturated carbocycles. The topological polar surface area (TPSA) is 114 Å². The number of ether oxygens (including phenoxy) is 2. The SMILES string of the molecule is CC(C)C(CC[C@@H]1CN(C(=O)OC(C)(C)C)C(C)(C)C1)NS(=O)C(C)(C)C.CC(C)C(N)CC[C@@H]1CN(C(=O)OC(C)(C)C)C(C)(C)C1. The lowest BCUT2D eigenvalue weighted by Crippen LogP contribution is -2.45. The van der Waals surface area contributed by atoms with Gasteiger partial charge in [-0.15, -0.1) is 0 Å². The fourth-order valence-electron chi connectivity index (χ4n) is 6.46. The van der Waals surface area contributed by atoms with Gasteiger partial charge in [0.1, 0.15) is 11.2 Å². The van der Waals surface area contributed by atoms with Crippen LogP contribution < -0.4 is 10.5 Å². The van der Waals surface area contributed by atoms with Crippen LogP contribution in [-0.2, 0) is 20.5 Å². The summed E-state index contributed by atoms with van der Waals surface area (Å²) in [5, 5.41) is 0. The molecule has 2 aliphatic heterocycles. The van der Waals surface area contributed by atoms with Gasteiger partial charge in [0.15, 0.2) is 0 Å². The lowest BCUT2D eigenvalue weighted by Gasteiger charge is -2.33. The Hall–Kier alpha value is -1.39. The van der Waals surface area contributed by atoms with Crippen LogP contribution in [0.15, 0.2) is 0 Å². The molecule has 0 aliphatic carbocycles. The maximum absolute atomic E-state index is 12.6. The van der Waals surface area contributed by atoms with Crippen LogP contribution in [0.1, 0.15) is 156 Å². The van der Waals surface area contributed by atoms with Gasteiger partial charge in [0.05, 0.1) is 15.7 Å². The average Bonchev–Trinajstić information content (AvgIpc) is 3.36. The molecule has 2 amide bonds. The van der Waals surface area contributed by atoms with Crippen molar-refractivity contribution in [3.63, 3.8) is 0 Å². The number of carbonyl (C=O) groups is 2. The molecule has 3 unspecified atom stereocenters. The molecule has 2 aliphatic rings. The number of hydrogen-bond donors (Lipinski definition) is 2. The van der Waals surface area contributed by atoms with Gasteiger partial charge in [-0.1, -0.05) is 27.7 Å². The highest BCUT2D eigenvalue weighted by Crippen LogP contribution is 2.38. The van der Waals surface area contributed by atoms with Crippen molar-refractivity contribution >= 4 is 23.2 Å². The smallest absolute Gasteiger partial charge is 0.410 e. The van der Waals surface area contributed by atoms with E-state index in [-0.39, 0.29) is 40.1 Å². The third kappa shape index (κ3) is 15.2. The number of rotatable bonds is 10. The Morgan fingerprint density at radius 2 is 1.12 bits per heavy atom. The Bertz CT molecular complexity index is 1050. The normalized spacial score (nSPS) is 23.1. The Kier molecular flexibility index (Phi) is 16.0. The van der Waals surface area contributed by atoms with E-state index in [1.807, 2.05) is 72.1 Å². The third-order valence-corrected chi connectivity index (χ3v) is 11.0. The van der Waals surface area contributed by atoms with Crippen LogP contribution in [0.3, 0.4) is 0 Å². The standard InChI is InChI=1S/C21H42N2O3S.C17H34N2O2/c1-15(2)17(22-27(25)20(6,7)8)12-11-16-13-21(9,10)23(14-16)18(24)26-19(3,4)5;1-12(2)14(18)9-8-13-10-17(6,7)19(11-13)15(20)21-16(3,4)5/h15-17,22H,11-14H2,1-10H3;12-14H,8-11,18H2,1-7H3/t16-,17?,27?;13-,14?/m00/s1. The minimum Gasteiger partial charge on any atom is -0.444 e. The molecule has 2 saturated heterocycles. The van der Waals surface area contributed by atoms with Gasteiger partial charge >= 0.3 is 12.2 Å². The largest absolute Gasteiger partial charge is 0.444 e. The summed E-state index contributed by atoms with van der Waals surface area (Å²) in [7, 11) is -1.07. The van der Waals surface area contributed by atoms with Crippen LogP contribution in [0.25, 0.3) is 0 Å². The van der Waals surface area contributed by atoms with Crippen molar-refractivity contribution in [3.05, 3.63) is 0 Å². The summed E-state index contributed by atoms with van der Waals surface area (Å²) >= 11 is 0. The predicted octanol–water partition coefficient (Wildman–Crippen LogP) is 8.66. The van der Waals surface area contributed by atoms with Crippen molar-refractivity contribution in [3.8, 4) is 0 Å². The van der Waals surface area contributed by atoms with Crippen LogP contribution in [0, 0.1) is 23.7 Å². The number of amides is 2. The van der Waals surface area contributed by atoms with E-state index in [2.05, 4.69) is 60.1 Å². The minimum atomic E-state index is -1.07. The van der Waals surface area contributed by atoms with E-state index < -0.39 is 22.2 Å². The van der Waals surface area contributed by atoms with E-state index in [4.69, 9.17) is 15.2 Å². The van der Waals surface area contributed by atoms with Gasteiger partial charge in [-0.2, -0.15) is 0 Å². The van der Waals surface area contributed by atoms with Crippen molar-refractivity contribution in [1.29, 1.82) is 0 Å². The second kappa shape index (κ2) is 17.2. The molecule has 0 aromatic rings. The monoisotopic (exact) mass is 701 g/mol. The molecule has 0 radical (unpaired) electrons.